The maximum absolute atomic E-state index is 12.9. The fourth-order valence-electron chi connectivity index (χ4n) is 0.997. The summed E-state index contributed by atoms with van der Waals surface area (Å²) >= 11 is 16.8. The van der Waals surface area contributed by atoms with E-state index in [4.69, 9.17) is 39.5 Å². The molecule has 1 heterocycles. The van der Waals surface area contributed by atoms with E-state index in [9.17, 15) is 4.39 Å². The van der Waals surface area contributed by atoms with Crippen LogP contribution in [-0.4, -0.2) is 15.2 Å². The van der Waals surface area contributed by atoms with Gasteiger partial charge < -0.3 is 4.74 Å². The predicted molar refractivity (Wildman–Crippen MR) is 61.3 cm³/mol. The third-order valence-corrected chi connectivity index (χ3v) is 2.38. The molecule has 0 saturated carbocycles. The summed E-state index contributed by atoms with van der Waals surface area (Å²) in [5, 5.41) is 6.67. The maximum Gasteiger partial charge on any atom is 0.262 e. The Balaban J connectivity index is 2.31. The number of benzene rings is 1. The Hall–Kier alpha value is -1.17. The first-order valence-corrected chi connectivity index (χ1v) is 5.38. The molecule has 0 atom stereocenters. The van der Waals surface area contributed by atoms with Crippen molar-refractivity contribution >= 4 is 34.8 Å². The van der Waals surface area contributed by atoms with Crippen molar-refractivity contribution in [3.05, 3.63) is 39.5 Å². The highest BCUT2D eigenvalue weighted by molar-refractivity contribution is 6.31. The number of ether oxygens (including phenoxy) is 1. The van der Waals surface area contributed by atoms with E-state index in [1.165, 1.54) is 12.1 Å². The molecule has 0 amide bonds. The van der Waals surface area contributed by atoms with E-state index >= 15 is 0 Å². The molecule has 0 radical (unpaired) electrons. The molecule has 88 valence electrons. The Bertz CT molecular complexity index is 567. The molecule has 0 saturated heterocycles. The zero-order valence-corrected chi connectivity index (χ0v) is 10.3. The van der Waals surface area contributed by atoms with E-state index in [-0.39, 0.29) is 27.1 Å². The molecule has 0 unspecified atom stereocenters. The van der Waals surface area contributed by atoms with Crippen molar-refractivity contribution in [2.45, 2.75) is 0 Å². The molecule has 0 bridgehead atoms. The lowest BCUT2D eigenvalue weighted by atomic mass is 10.3. The Morgan fingerprint density at radius 1 is 1.12 bits per heavy atom. The fraction of sp³-hybridized carbons (Fsp3) is 0. The SMILES string of the molecule is Fc1ccc(Oc2nc(Cl)nnc2Cl)cc1Cl. The van der Waals surface area contributed by atoms with E-state index < -0.39 is 5.82 Å². The second-order valence-corrected chi connectivity index (χ2v) is 3.96. The van der Waals surface area contributed by atoms with Crippen LogP contribution in [0.5, 0.6) is 11.6 Å². The smallest absolute Gasteiger partial charge is 0.262 e. The fourth-order valence-corrected chi connectivity index (χ4v) is 1.40. The molecular formula is C9H3Cl3FN3O. The average molecular weight is 294 g/mol. The number of nitrogens with zero attached hydrogens (tertiary/aromatic N) is 3. The quantitative estimate of drug-likeness (QED) is 0.846. The first-order valence-electron chi connectivity index (χ1n) is 4.25. The molecule has 1 aromatic heterocycles. The van der Waals surface area contributed by atoms with Crippen molar-refractivity contribution in [3.63, 3.8) is 0 Å². The lowest BCUT2D eigenvalue weighted by Gasteiger charge is -2.05. The van der Waals surface area contributed by atoms with Crippen LogP contribution in [0.15, 0.2) is 18.2 Å². The summed E-state index contributed by atoms with van der Waals surface area (Å²) in [6.07, 6.45) is 0. The van der Waals surface area contributed by atoms with Gasteiger partial charge in [0.25, 0.3) is 5.88 Å². The predicted octanol–water partition coefficient (Wildman–Crippen LogP) is 3.76. The average Bonchev–Trinajstić information content (AvgIpc) is 2.29. The lowest BCUT2D eigenvalue weighted by Crippen LogP contribution is -1.95. The van der Waals surface area contributed by atoms with Crippen molar-refractivity contribution in [1.82, 2.24) is 15.2 Å². The number of hydrogen-bond acceptors (Lipinski definition) is 4. The number of hydrogen-bond donors (Lipinski definition) is 0. The first kappa shape index (κ1) is 12.3. The van der Waals surface area contributed by atoms with E-state index in [0.717, 1.165) is 6.07 Å². The molecular weight excluding hydrogens is 291 g/mol. The molecule has 2 rings (SSSR count). The lowest BCUT2D eigenvalue weighted by molar-refractivity contribution is 0.456. The van der Waals surface area contributed by atoms with Gasteiger partial charge in [-0.05, 0) is 23.7 Å². The van der Waals surface area contributed by atoms with Gasteiger partial charge >= 0.3 is 0 Å². The molecule has 0 aliphatic rings. The summed E-state index contributed by atoms with van der Waals surface area (Å²) < 4.78 is 18.2. The third kappa shape index (κ3) is 2.94. The molecule has 0 fully saturated rings. The van der Waals surface area contributed by atoms with Crippen LogP contribution >= 0.6 is 34.8 Å². The van der Waals surface area contributed by atoms with Gasteiger partial charge in [0.2, 0.25) is 10.4 Å². The molecule has 17 heavy (non-hydrogen) atoms. The summed E-state index contributed by atoms with van der Waals surface area (Å²) in [4.78, 5) is 3.72. The molecule has 1 aromatic carbocycles. The van der Waals surface area contributed by atoms with Crippen molar-refractivity contribution in [2.24, 2.45) is 0 Å². The molecule has 0 aliphatic carbocycles. The van der Waals surface area contributed by atoms with Crippen molar-refractivity contribution < 1.29 is 9.13 Å². The Kier molecular flexibility index (Phi) is 3.61. The maximum atomic E-state index is 12.9. The van der Waals surface area contributed by atoms with E-state index in [2.05, 4.69) is 15.2 Å². The normalized spacial score (nSPS) is 10.4. The zero-order chi connectivity index (χ0) is 12.4. The van der Waals surface area contributed by atoms with Crippen LogP contribution < -0.4 is 4.74 Å². The number of aromatic nitrogens is 3. The van der Waals surface area contributed by atoms with Gasteiger partial charge in [-0.2, -0.15) is 4.98 Å². The minimum absolute atomic E-state index is 0.0330. The summed E-state index contributed by atoms with van der Waals surface area (Å²) in [5.41, 5.74) is 0. The Labute approximate surface area is 110 Å². The summed E-state index contributed by atoms with van der Waals surface area (Å²) in [6.45, 7) is 0. The minimum Gasteiger partial charge on any atom is -0.436 e. The van der Waals surface area contributed by atoms with Crippen LogP contribution in [0.2, 0.25) is 15.5 Å². The van der Waals surface area contributed by atoms with Gasteiger partial charge in [0, 0.05) is 6.07 Å². The number of rotatable bonds is 2. The van der Waals surface area contributed by atoms with Crippen LogP contribution in [-0.2, 0) is 0 Å². The van der Waals surface area contributed by atoms with Crippen LogP contribution in [0.1, 0.15) is 0 Å². The molecule has 8 heteroatoms. The van der Waals surface area contributed by atoms with Crippen molar-refractivity contribution in [3.8, 4) is 11.6 Å². The second-order valence-electron chi connectivity index (χ2n) is 2.85. The van der Waals surface area contributed by atoms with Gasteiger partial charge in [-0.15, -0.1) is 10.2 Å². The van der Waals surface area contributed by atoms with E-state index in [0.29, 0.717) is 0 Å². The van der Waals surface area contributed by atoms with Crippen LogP contribution in [0.3, 0.4) is 0 Å². The summed E-state index contributed by atoms with van der Waals surface area (Å²) in [6, 6.07) is 3.80. The first-order chi connectivity index (χ1) is 8.06. The summed E-state index contributed by atoms with van der Waals surface area (Å²) in [5.74, 6) is -0.326. The molecule has 0 N–H and O–H groups in total. The highest BCUT2D eigenvalue weighted by atomic mass is 35.5. The van der Waals surface area contributed by atoms with E-state index in [1.807, 2.05) is 0 Å². The zero-order valence-electron chi connectivity index (χ0n) is 7.99. The second kappa shape index (κ2) is 5.00. The minimum atomic E-state index is -0.552. The molecule has 2 aromatic rings. The highest BCUT2D eigenvalue weighted by Crippen LogP contribution is 2.28. The van der Waals surface area contributed by atoms with Crippen LogP contribution in [0, 0.1) is 5.82 Å². The topological polar surface area (TPSA) is 47.9 Å². The van der Waals surface area contributed by atoms with Gasteiger partial charge in [-0.1, -0.05) is 23.2 Å². The van der Waals surface area contributed by atoms with Crippen molar-refractivity contribution in [1.29, 1.82) is 0 Å². The molecule has 4 nitrogen and oxygen atoms in total. The standard InChI is InChI=1S/C9H3Cl3FN3O/c10-5-3-4(1-2-6(5)13)17-8-7(11)15-16-9(12)14-8/h1-3H. The van der Waals surface area contributed by atoms with Gasteiger partial charge in [-0.3, -0.25) is 0 Å². The van der Waals surface area contributed by atoms with Crippen LogP contribution in [0.4, 0.5) is 4.39 Å². The highest BCUT2D eigenvalue weighted by Gasteiger charge is 2.10. The Morgan fingerprint density at radius 2 is 1.88 bits per heavy atom. The third-order valence-electron chi connectivity index (χ3n) is 1.70. The monoisotopic (exact) mass is 293 g/mol. The van der Waals surface area contributed by atoms with Gasteiger partial charge in [-0.25, -0.2) is 4.39 Å². The molecule has 0 aliphatic heterocycles. The van der Waals surface area contributed by atoms with Gasteiger partial charge in [0.05, 0.1) is 5.02 Å². The number of halogens is 4. The largest absolute Gasteiger partial charge is 0.436 e. The van der Waals surface area contributed by atoms with Crippen LogP contribution in [0.25, 0.3) is 0 Å². The van der Waals surface area contributed by atoms with Gasteiger partial charge in [0.1, 0.15) is 11.6 Å². The van der Waals surface area contributed by atoms with Crippen molar-refractivity contribution in [2.75, 3.05) is 0 Å². The molecule has 0 spiro atoms. The Morgan fingerprint density at radius 3 is 2.59 bits per heavy atom. The van der Waals surface area contributed by atoms with Gasteiger partial charge in [0.15, 0.2) is 0 Å². The summed E-state index contributed by atoms with van der Waals surface area (Å²) in [7, 11) is 0. The van der Waals surface area contributed by atoms with E-state index in [1.54, 1.807) is 0 Å².